The van der Waals surface area contributed by atoms with E-state index in [1.807, 2.05) is 0 Å². The summed E-state index contributed by atoms with van der Waals surface area (Å²) in [5.41, 5.74) is 0.742. The summed E-state index contributed by atoms with van der Waals surface area (Å²) in [7, 11) is 1.55. The summed E-state index contributed by atoms with van der Waals surface area (Å²) in [5, 5.41) is 6.32. The molecule has 5 rings (SSSR count). The van der Waals surface area contributed by atoms with Crippen LogP contribution >= 0.6 is 0 Å². The van der Waals surface area contributed by atoms with E-state index in [-0.39, 0.29) is 23.2 Å². The number of pyridine rings is 1. The van der Waals surface area contributed by atoms with E-state index >= 15 is 0 Å². The molecule has 2 N–H and O–H groups in total. The molecule has 3 heterocycles. The van der Waals surface area contributed by atoms with Crippen LogP contribution in [0.1, 0.15) is 18.7 Å². The number of alkyl halides is 2. The van der Waals surface area contributed by atoms with Crippen LogP contribution in [0.4, 0.5) is 30.4 Å². The van der Waals surface area contributed by atoms with Crippen molar-refractivity contribution in [2.24, 2.45) is 13.0 Å². The van der Waals surface area contributed by atoms with E-state index in [1.165, 1.54) is 4.57 Å². The summed E-state index contributed by atoms with van der Waals surface area (Å²) >= 11 is 0. The average molecular weight is 431 g/mol. The molecule has 0 radical (unpaired) electrons. The fourth-order valence-electron chi connectivity index (χ4n) is 3.97. The second-order valence-corrected chi connectivity index (χ2v) is 8.05. The lowest BCUT2D eigenvalue weighted by atomic mass is 10.0. The molecular weight excluding hydrogens is 411 g/mol. The Morgan fingerprint density at radius 2 is 2.10 bits per heavy atom. The van der Waals surface area contributed by atoms with E-state index < -0.39 is 29.9 Å². The Morgan fingerprint density at radius 3 is 2.84 bits per heavy atom. The van der Waals surface area contributed by atoms with Gasteiger partial charge in [-0.1, -0.05) is 0 Å². The molecule has 1 aliphatic carbocycles. The maximum Gasteiger partial charge on any atom is 0.301 e. The highest BCUT2D eigenvalue weighted by Crippen LogP contribution is 2.45. The first-order chi connectivity index (χ1) is 14.7. The summed E-state index contributed by atoms with van der Waals surface area (Å²) in [5.74, 6) is -3.67. The summed E-state index contributed by atoms with van der Waals surface area (Å²) < 4.78 is 50.2. The highest BCUT2D eigenvalue weighted by atomic mass is 19.3. The van der Waals surface area contributed by atoms with Gasteiger partial charge in [0.05, 0.1) is 23.4 Å². The molecule has 0 saturated heterocycles. The Hall–Kier alpha value is -3.30. The average Bonchev–Trinajstić information content (AvgIpc) is 3.56. The Kier molecular flexibility index (Phi) is 4.35. The van der Waals surface area contributed by atoms with Gasteiger partial charge in [-0.15, -0.1) is 0 Å². The lowest BCUT2D eigenvalue weighted by Gasteiger charge is -2.25. The SMILES string of the molecule is Cc1ncc(F)c(Nc2ccc3c(c2)c2c(c(=O)n3C)OCC(F)(F)[C@H](C3CC3)N2)n1. The molecule has 1 aromatic carbocycles. The van der Waals surface area contributed by atoms with Gasteiger partial charge in [0.1, 0.15) is 5.82 Å². The molecule has 1 saturated carbocycles. The van der Waals surface area contributed by atoms with Gasteiger partial charge in [0.15, 0.2) is 18.2 Å². The van der Waals surface area contributed by atoms with E-state index in [1.54, 1.807) is 32.2 Å². The summed E-state index contributed by atoms with van der Waals surface area (Å²) in [6, 6.07) is 3.87. The van der Waals surface area contributed by atoms with Gasteiger partial charge < -0.3 is 19.9 Å². The van der Waals surface area contributed by atoms with Crippen LogP contribution in [0.2, 0.25) is 0 Å². The van der Waals surface area contributed by atoms with Crippen LogP contribution in [-0.4, -0.2) is 33.1 Å². The van der Waals surface area contributed by atoms with Crippen molar-refractivity contribution in [1.29, 1.82) is 0 Å². The van der Waals surface area contributed by atoms with Crippen molar-refractivity contribution < 1.29 is 17.9 Å². The molecule has 1 fully saturated rings. The van der Waals surface area contributed by atoms with Gasteiger partial charge in [0, 0.05) is 18.1 Å². The van der Waals surface area contributed by atoms with Crippen LogP contribution in [0.25, 0.3) is 10.9 Å². The van der Waals surface area contributed by atoms with Gasteiger partial charge in [0.25, 0.3) is 5.56 Å². The molecular formula is C21H20F3N5O2. The van der Waals surface area contributed by atoms with Gasteiger partial charge in [-0.25, -0.2) is 23.1 Å². The number of ether oxygens (including phenoxy) is 1. The fraction of sp³-hybridized carbons (Fsp3) is 0.381. The van der Waals surface area contributed by atoms with Gasteiger partial charge >= 0.3 is 5.92 Å². The Bertz CT molecular complexity index is 1260. The summed E-state index contributed by atoms with van der Waals surface area (Å²) in [4.78, 5) is 20.7. The lowest BCUT2D eigenvalue weighted by Crippen LogP contribution is -2.44. The highest BCUT2D eigenvalue weighted by Gasteiger charge is 2.51. The minimum absolute atomic E-state index is 0.00522. The first-order valence-electron chi connectivity index (χ1n) is 9.94. The van der Waals surface area contributed by atoms with Crippen molar-refractivity contribution in [1.82, 2.24) is 14.5 Å². The second-order valence-electron chi connectivity index (χ2n) is 8.05. The van der Waals surface area contributed by atoms with E-state index in [9.17, 15) is 18.0 Å². The van der Waals surface area contributed by atoms with Crippen molar-refractivity contribution in [2.75, 3.05) is 17.2 Å². The molecule has 7 nitrogen and oxygen atoms in total. The number of aryl methyl sites for hydroxylation is 2. The van der Waals surface area contributed by atoms with Crippen LogP contribution in [0.15, 0.2) is 29.2 Å². The normalized spacial score (nSPS) is 19.8. The number of anilines is 3. The zero-order chi connectivity index (χ0) is 21.9. The number of aromatic nitrogens is 3. The zero-order valence-electron chi connectivity index (χ0n) is 16.9. The number of fused-ring (bicyclic) bond motifs is 3. The predicted molar refractivity (Wildman–Crippen MR) is 110 cm³/mol. The van der Waals surface area contributed by atoms with Gasteiger partial charge in [0.2, 0.25) is 5.75 Å². The van der Waals surface area contributed by atoms with Crippen LogP contribution in [0.5, 0.6) is 5.75 Å². The molecule has 162 valence electrons. The van der Waals surface area contributed by atoms with Gasteiger partial charge in [-0.2, -0.15) is 0 Å². The van der Waals surface area contributed by atoms with Gasteiger partial charge in [-0.3, -0.25) is 4.79 Å². The predicted octanol–water partition coefficient (Wildman–Crippen LogP) is 3.74. The first kappa shape index (κ1) is 19.7. The van der Waals surface area contributed by atoms with Crippen LogP contribution in [0, 0.1) is 18.7 Å². The van der Waals surface area contributed by atoms with Crippen LogP contribution in [-0.2, 0) is 7.05 Å². The smallest absolute Gasteiger partial charge is 0.301 e. The Morgan fingerprint density at radius 1 is 1.32 bits per heavy atom. The first-order valence-corrected chi connectivity index (χ1v) is 9.94. The molecule has 3 aromatic rings. The van der Waals surface area contributed by atoms with Crippen LogP contribution in [0.3, 0.4) is 0 Å². The minimum Gasteiger partial charge on any atom is -0.480 e. The number of hydrogen-bond acceptors (Lipinski definition) is 6. The molecule has 0 unspecified atom stereocenters. The van der Waals surface area contributed by atoms with Gasteiger partial charge in [-0.05, 0) is 43.9 Å². The van der Waals surface area contributed by atoms with Crippen molar-refractivity contribution in [3.05, 3.63) is 46.4 Å². The van der Waals surface area contributed by atoms with Crippen molar-refractivity contribution in [3.63, 3.8) is 0 Å². The van der Waals surface area contributed by atoms with Crippen LogP contribution < -0.4 is 20.9 Å². The summed E-state index contributed by atoms with van der Waals surface area (Å²) in [6.07, 6.45) is 2.47. The molecule has 0 bridgehead atoms. The third kappa shape index (κ3) is 3.35. The third-order valence-corrected chi connectivity index (χ3v) is 5.74. The maximum atomic E-state index is 14.7. The quantitative estimate of drug-likeness (QED) is 0.658. The second kappa shape index (κ2) is 6.86. The largest absolute Gasteiger partial charge is 0.480 e. The van der Waals surface area contributed by atoms with E-state index in [4.69, 9.17) is 4.74 Å². The maximum absolute atomic E-state index is 14.7. The molecule has 1 atom stereocenters. The molecule has 2 aromatic heterocycles. The molecule has 2 aliphatic rings. The number of nitrogens with one attached hydrogen (secondary N) is 2. The monoisotopic (exact) mass is 431 g/mol. The zero-order valence-corrected chi connectivity index (χ0v) is 16.9. The third-order valence-electron chi connectivity index (χ3n) is 5.74. The standard InChI is InChI=1S/C21H20F3N5O2/c1-10-25-8-14(22)19(26-10)27-12-5-6-15-13(7-12)16-17(20(30)29(15)2)31-9-21(23,24)18(28-16)11-3-4-11/h5-8,11,18,28H,3-4,9H2,1-2H3,(H,25,26,27)/t18-/m0/s1. The lowest BCUT2D eigenvalue weighted by molar-refractivity contribution is -0.0579. The molecule has 0 spiro atoms. The minimum atomic E-state index is -3.12. The number of benzene rings is 1. The van der Waals surface area contributed by atoms with Crippen molar-refractivity contribution in [3.8, 4) is 5.75 Å². The Balaban J connectivity index is 1.65. The summed E-state index contributed by atoms with van der Waals surface area (Å²) in [6.45, 7) is 0.776. The molecule has 1 aliphatic heterocycles. The number of halogens is 3. The molecule has 10 heteroatoms. The fourth-order valence-corrected chi connectivity index (χ4v) is 3.97. The van der Waals surface area contributed by atoms with Crippen molar-refractivity contribution >= 4 is 28.1 Å². The number of rotatable bonds is 3. The number of nitrogens with zero attached hydrogens (tertiary/aromatic N) is 3. The molecule has 31 heavy (non-hydrogen) atoms. The topological polar surface area (TPSA) is 81.1 Å². The number of hydrogen-bond donors (Lipinski definition) is 2. The highest BCUT2D eigenvalue weighted by molar-refractivity contribution is 5.97. The Labute approximate surface area is 175 Å². The van der Waals surface area contributed by atoms with E-state index in [2.05, 4.69) is 20.6 Å². The van der Waals surface area contributed by atoms with Crippen molar-refractivity contribution in [2.45, 2.75) is 31.7 Å². The molecule has 0 amide bonds. The van der Waals surface area contributed by atoms with E-state index in [0.717, 1.165) is 6.20 Å². The van der Waals surface area contributed by atoms with E-state index in [0.29, 0.717) is 35.3 Å².